The normalized spacial score (nSPS) is 18.6. The molecular formula is C24H25NO4S. The molecule has 1 heterocycles. The van der Waals surface area contributed by atoms with Crippen molar-refractivity contribution in [1.29, 1.82) is 0 Å². The first-order valence-electron chi connectivity index (χ1n) is 10.0. The maximum absolute atomic E-state index is 12.7. The van der Waals surface area contributed by atoms with Crippen molar-refractivity contribution in [1.82, 2.24) is 4.90 Å². The molecule has 1 aliphatic rings. The summed E-state index contributed by atoms with van der Waals surface area (Å²) in [5, 5.41) is 0. The van der Waals surface area contributed by atoms with Gasteiger partial charge in [-0.25, -0.2) is 0 Å². The Morgan fingerprint density at radius 1 is 0.933 bits per heavy atom. The lowest BCUT2D eigenvalue weighted by Gasteiger charge is -2.37. The van der Waals surface area contributed by atoms with Gasteiger partial charge in [-0.1, -0.05) is 66.7 Å². The lowest BCUT2D eigenvalue weighted by atomic mass is 10.0. The van der Waals surface area contributed by atoms with Crippen molar-refractivity contribution in [3.8, 4) is 5.75 Å². The average Bonchev–Trinajstić information content (AvgIpc) is 2.80. The zero-order chi connectivity index (χ0) is 21.0. The zero-order valence-corrected chi connectivity index (χ0v) is 17.7. The van der Waals surface area contributed by atoms with Crippen molar-refractivity contribution in [2.45, 2.75) is 24.0 Å². The predicted molar refractivity (Wildman–Crippen MR) is 116 cm³/mol. The fourth-order valence-corrected chi connectivity index (χ4v) is 4.70. The van der Waals surface area contributed by atoms with Crippen molar-refractivity contribution in [3.05, 3.63) is 96.1 Å². The Kier molecular flexibility index (Phi) is 6.18. The molecule has 5 nitrogen and oxygen atoms in total. The van der Waals surface area contributed by atoms with Crippen LogP contribution in [0.4, 0.5) is 0 Å². The third-order valence-electron chi connectivity index (χ3n) is 5.42. The molecule has 0 aliphatic carbocycles. The molecule has 0 N–H and O–H groups in total. The van der Waals surface area contributed by atoms with Gasteiger partial charge in [0.15, 0.2) is 0 Å². The summed E-state index contributed by atoms with van der Waals surface area (Å²) in [7, 11) is -3.92. The molecule has 1 aliphatic heterocycles. The van der Waals surface area contributed by atoms with E-state index in [-0.39, 0.29) is 17.0 Å². The van der Waals surface area contributed by atoms with Gasteiger partial charge in [0.05, 0.1) is 12.7 Å². The number of hydrogen-bond acceptors (Lipinski definition) is 5. The standard InChI is InChI=1S/C24H25NO4S/c1-19(20-10-4-2-5-11-20)25-16-17-28-24(18-25)22-14-8-9-15-23(22)29-30(26,27)21-12-6-3-7-13-21/h2-15,19,24H,16-18H2,1H3/t19?,24-/m1/s1. The van der Waals surface area contributed by atoms with Crippen LogP contribution in [-0.2, 0) is 14.9 Å². The molecule has 2 atom stereocenters. The molecule has 1 saturated heterocycles. The molecule has 0 saturated carbocycles. The molecule has 0 radical (unpaired) electrons. The Balaban J connectivity index is 1.56. The van der Waals surface area contributed by atoms with Crippen molar-refractivity contribution >= 4 is 10.1 Å². The maximum atomic E-state index is 12.7. The number of rotatable bonds is 6. The molecule has 1 unspecified atom stereocenters. The maximum Gasteiger partial charge on any atom is 0.339 e. The molecule has 3 aromatic rings. The van der Waals surface area contributed by atoms with E-state index < -0.39 is 10.1 Å². The molecule has 30 heavy (non-hydrogen) atoms. The summed E-state index contributed by atoms with van der Waals surface area (Å²) in [6.07, 6.45) is -0.271. The zero-order valence-electron chi connectivity index (χ0n) is 16.8. The molecule has 156 valence electrons. The fourth-order valence-electron chi connectivity index (χ4n) is 3.73. The van der Waals surface area contributed by atoms with Gasteiger partial charge >= 0.3 is 10.1 Å². The third-order valence-corrected chi connectivity index (χ3v) is 6.67. The number of ether oxygens (including phenoxy) is 1. The summed E-state index contributed by atoms with van der Waals surface area (Å²) in [5.74, 6) is 0.306. The Hall–Kier alpha value is -2.67. The van der Waals surface area contributed by atoms with Crippen LogP contribution in [0.2, 0.25) is 0 Å². The van der Waals surface area contributed by atoms with Crippen LogP contribution in [0.1, 0.15) is 30.2 Å². The predicted octanol–water partition coefficient (Wildman–Crippen LogP) is 4.59. The number of nitrogens with zero attached hydrogens (tertiary/aromatic N) is 1. The second-order valence-electron chi connectivity index (χ2n) is 7.33. The topological polar surface area (TPSA) is 55.8 Å². The Morgan fingerprint density at radius 3 is 2.30 bits per heavy atom. The first-order chi connectivity index (χ1) is 14.5. The highest BCUT2D eigenvalue weighted by molar-refractivity contribution is 7.87. The Labute approximate surface area is 178 Å². The summed E-state index contributed by atoms with van der Waals surface area (Å²) in [5.41, 5.74) is 1.98. The van der Waals surface area contributed by atoms with Crippen LogP contribution in [0.15, 0.2) is 89.8 Å². The van der Waals surface area contributed by atoms with Crippen LogP contribution in [0.5, 0.6) is 5.75 Å². The molecule has 4 rings (SSSR count). The van der Waals surface area contributed by atoms with E-state index in [0.29, 0.717) is 18.9 Å². The van der Waals surface area contributed by atoms with E-state index in [4.69, 9.17) is 8.92 Å². The Morgan fingerprint density at radius 2 is 1.57 bits per heavy atom. The van der Waals surface area contributed by atoms with Crippen LogP contribution < -0.4 is 4.18 Å². The van der Waals surface area contributed by atoms with Gasteiger partial charge < -0.3 is 8.92 Å². The minimum Gasteiger partial charge on any atom is -0.379 e. The summed E-state index contributed by atoms with van der Waals surface area (Å²) in [6.45, 7) is 4.22. The van der Waals surface area contributed by atoms with Crippen LogP contribution in [0.3, 0.4) is 0 Å². The second kappa shape index (κ2) is 9.00. The minimum absolute atomic E-state index is 0.128. The minimum atomic E-state index is -3.92. The van der Waals surface area contributed by atoms with Crippen LogP contribution in [-0.4, -0.2) is 33.0 Å². The number of para-hydroxylation sites is 1. The molecule has 1 fully saturated rings. The molecule has 0 aromatic heterocycles. The van der Waals surface area contributed by atoms with Crippen molar-refractivity contribution in [3.63, 3.8) is 0 Å². The highest BCUT2D eigenvalue weighted by Crippen LogP contribution is 2.34. The van der Waals surface area contributed by atoms with E-state index in [0.717, 1.165) is 12.1 Å². The largest absolute Gasteiger partial charge is 0.379 e. The molecule has 6 heteroatoms. The highest BCUT2D eigenvalue weighted by atomic mass is 32.2. The lowest BCUT2D eigenvalue weighted by molar-refractivity contribution is -0.0436. The fraction of sp³-hybridized carbons (Fsp3) is 0.250. The summed E-state index contributed by atoms with van der Waals surface area (Å²) < 4.78 is 37.0. The number of benzene rings is 3. The first kappa shape index (κ1) is 20.6. The van der Waals surface area contributed by atoms with E-state index in [2.05, 4.69) is 24.0 Å². The monoisotopic (exact) mass is 423 g/mol. The van der Waals surface area contributed by atoms with Gasteiger partial charge in [-0.3, -0.25) is 4.90 Å². The van der Waals surface area contributed by atoms with E-state index in [9.17, 15) is 8.42 Å². The first-order valence-corrected chi connectivity index (χ1v) is 11.4. The van der Waals surface area contributed by atoms with Gasteiger partial charge in [-0.2, -0.15) is 8.42 Å². The van der Waals surface area contributed by atoms with Gasteiger partial charge in [-0.05, 0) is 30.7 Å². The van der Waals surface area contributed by atoms with Crippen LogP contribution in [0.25, 0.3) is 0 Å². The molecule has 0 bridgehead atoms. The van der Waals surface area contributed by atoms with Crippen molar-refractivity contribution in [2.75, 3.05) is 19.7 Å². The van der Waals surface area contributed by atoms with Crippen LogP contribution in [0, 0.1) is 0 Å². The van der Waals surface area contributed by atoms with Crippen molar-refractivity contribution < 1.29 is 17.3 Å². The molecular weight excluding hydrogens is 398 g/mol. The SMILES string of the molecule is CC(c1ccccc1)N1CCO[C@@H](c2ccccc2OS(=O)(=O)c2ccccc2)C1. The second-order valence-corrected chi connectivity index (χ2v) is 8.88. The van der Waals surface area contributed by atoms with Crippen molar-refractivity contribution in [2.24, 2.45) is 0 Å². The van der Waals surface area contributed by atoms with Gasteiger partial charge in [0.2, 0.25) is 0 Å². The van der Waals surface area contributed by atoms with Crippen LogP contribution >= 0.6 is 0 Å². The van der Waals surface area contributed by atoms with Gasteiger partial charge in [0.25, 0.3) is 0 Å². The number of morpholine rings is 1. The van der Waals surface area contributed by atoms with Gasteiger partial charge in [0.1, 0.15) is 10.6 Å². The molecule has 0 amide bonds. The molecule has 0 spiro atoms. The molecule has 3 aromatic carbocycles. The van der Waals surface area contributed by atoms with Gasteiger partial charge in [-0.15, -0.1) is 0 Å². The third kappa shape index (κ3) is 4.56. The highest BCUT2D eigenvalue weighted by Gasteiger charge is 2.29. The van der Waals surface area contributed by atoms with Gasteiger partial charge in [0, 0.05) is 24.7 Å². The summed E-state index contributed by atoms with van der Waals surface area (Å²) in [6, 6.07) is 26.0. The van der Waals surface area contributed by atoms with E-state index in [1.807, 2.05) is 30.3 Å². The van der Waals surface area contributed by atoms with E-state index in [1.165, 1.54) is 17.7 Å². The lowest BCUT2D eigenvalue weighted by Crippen LogP contribution is -2.40. The number of hydrogen-bond donors (Lipinski definition) is 0. The summed E-state index contributed by atoms with van der Waals surface area (Å²) in [4.78, 5) is 2.48. The Bertz CT molecular complexity index is 1070. The summed E-state index contributed by atoms with van der Waals surface area (Å²) >= 11 is 0. The van der Waals surface area contributed by atoms with E-state index in [1.54, 1.807) is 30.3 Å². The van der Waals surface area contributed by atoms with E-state index >= 15 is 0 Å². The quantitative estimate of drug-likeness (QED) is 0.543. The smallest absolute Gasteiger partial charge is 0.339 e. The average molecular weight is 424 g/mol.